The molecule has 0 heteroatoms. The van der Waals surface area contributed by atoms with Gasteiger partial charge in [-0.15, -0.1) is 0 Å². The van der Waals surface area contributed by atoms with Crippen LogP contribution in [-0.2, 0) is 11.8 Å². The van der Waals surface area contributed by atoms with Gasteiger partial charge in [-0.2, -0.15) is 0 Å². The first-order valence-electron chi connectivity index (χ1n) is 7.77. The van der Waals surface area contributed by atoms with E-state index in [9.17, 15) is 0 Å². The predicted octanol–water partition coefficient (Wildman–Crippen LogP) is 6.00. The van der Waals surface area contributed by atoms with E-state index in [2.05, 4.69) is 77.1 Å². The molecule has 0 bridgehead atoms. The summed E-state index contributed by atoms with van der Waals surface area (Å²) in [5.41, 5.74) is 10.2. The Kier molecular flexibility index (Phi) is 3.28. The first-order chi connectivity index (χ1) is 9.88. The van der Waals surface area contributed by atoms with Crippen molar-refractivity contribution in [1.29, 1.82) is 0 Å². The first-order valence-corrected chi connectivity index (χ1v) is 7.77. The third kappa shape index (κ3) is 2.44. The number of hydrogen-bond donors (Lipinski definition) is 0. The second kappa shape index (κ2) is 4.87. The second-order valence-corrected chi connectivity index (χ2v) is 7.25. The molecule has 0 amide bonds. The molecule has 108 valence electrons. The summed E-state index contributed by atoms with van der Waals surface area (Å²) < 4.78 is 0. The molecule has 1 aliphatic carbocycles. The highest BCUT2D eigenvalue weighted by Gasteiger charge is 2.20. The number of benzene rings is 2. The molecular weight excluding hydrogens is 252 g/mol. The topological polar surface area (TPSA) is 0 Å². The Labute approximate surface area is 128 Å². The quantitative estimate of drug-likeness (QED) is 0.599. The van der Waals surface area contributed by atoms with Crippen LogP contribution in [0.25, 0.3) is 16.7 Å². The van der Waals surface area contributed by atoms with E-state index in [1.807, 2.05) is 0 Å². The lowest BCUT2D eigenvalue weighted by atomic mass is 9.85. The Hall–Kier alpha value is -1.82. The van der Waals surface area contributed by atoms with E-state index in [0.29, 0.717) is 0 Å². The Morgan fingerprint density at radius 1 is 0.857 bits per heavy atom. The zero-order chi connectivity index (χ0) is 15.2. The van der Waals surface area contributed by atoms with Crippen LogP contribution in [0.2, 0.25) is 0 Å². The predicted molar refractivity (Wildman–Crippen MR) is 92.6 cm³/mol. The summed E-state index contributed by atoms with van der Waals surface area (Å²) in [7, 11) is 0. The van der Waals surface area contributed by atoms with Gasteiger partial charge in [0.2, 0.25) is 0 Å². The Bertz CT molecular complexity index is 707. The van der Waals surface area contributed by atoms with Crippen LogP contribution in [-0.4, -0.2) is 0 Å². The van der Waals surface area contributed by atoms with E-state index in [4.69, 9.17) is 0 Å². The molecule has 0 aliphatic heterocycles. The Balaban J connectivity index is 2.09. The molecule has 2 aromatic rings. The van der Waals surface area contributed by atoms with Crippen molar-refractivity contribution in [2.75, 3.05) is 0 Å². The highest BCUT2D eigenvalue weighted by Crippen LogP contribution is 2.39. The minimum Gasteiger partial charge on any atom is -0.0654 e. The molecule has 0 N–H and O–H groups in total. The first kappa shape index (κ1) is 14.1. The molecule has 21 heavy (non-hydrogen) atoms. The van der Waals surface area contributed by atoms with Crippen molar-refractivity contribution in [3.8, 4) is 11.1 Å². The largest absolute Gasteiger partial charge is 0.0654 e. The van der Waals surface area contributed by atoms with Crippen molar-refractivity contribution < 1.29 is 0 Å². The van der Waals surface area contributed by atoms with Crippen LogP contribution >= 0.6 is 0 Å². The van der Waals surface area contributed by atoms with Crippen molar-refractivity contribution in [2.45, 2.75) is 46.5 Å². The van der Waals surface area contributed by atoms with Gasteiger partial charge in [-0.05, 0) is 59.1 Å². The molecular formula is C21H24. The van der Waals surface area contributed by atoms with E-state index < -0.39 is 0 Å². The average molecular weight is 276 g/mol. The lowest BCUT2D eigenvalue weighted by molar-refractivity contribution is 0.590. The molecule has 0 radical (unpaired) electrons. The Morgan fingerprint density at radius 2 is 1.52 bits per heavy atom. The fourth-order valence-electron chi connectivity index (χ4n) is 3.21. The molecule has 2 aromatic carbocycles. The van der Waals surface area contributed by atoms with Gasteiger partial charge in [-0.3, -0.25) is 0 Å². The van der Waals surface area contributed by atoms with Gasteiger partial charge in [0.1, 0.15) is 0 Å². The van der Waals surface area contributed by atoms with Gasteiger partial charge in [0.05, 0.1) is 0 Å². The number of rotatable bonds is 1. The van der Waals surface area contributed by atoms with E-state index in [0.717, 1.165) is 6.42 Å². The maximum absolute atomic E-state index is 2.27. The van der Waals surface area contributed by atoms with Crippen LogP contribution in [0.5, 0.6) is 0 Å². The van der Waals surface area contributed by atoms with Crippen LogP contribution in [0.15, 0.2) is 48.0 Å². The highest BCUT2D eigenvalue weighted by molar-refractivity contribution is 5.86. The third-order valence-corrected chi connectivity index (χ3v) is 4.68. The fourth-order valence-corrected chi connectivity index (χ4v) is 3.21. The smallest absolute Gasteiger partial charge is 0.00577 e. The molecule has 0 saturated carbocycles. The fraction of sp³-hybridized carbons (Fsp3) is 0.333. The molecule has 0 fully saturated rings. The molecule has 0 atom stereocenters. The monoisotopic (exact) mass is 276 g/mol. The number of allylic oxidation sites excluding steroid dienone is 2. The summed E-state index contributed by atoms with van der Waals surface area (Å²) in [6.07, 6.45) is 1.11. The SMILES string of the molecule is CC1=C(C)c2c(cccc2-c2ccc(C(C)(C)C)cc2)C1. The summed E-state index contributed by atoms with van der Waals surface area (Å²) in [6.45, 7) is 11.3. The summed E-state index contributed by atoms with van der Waals surface area (Å²) in [5, 5.41) is 0. The van der Waals surface area contributed by atoms with E-state index >= 15 is 0 Å². The summed E-state index contributed by atoms with van der Waals surface area (Å²) in [4.78, 5) is 0. The van der Waals surface area contributed by atoms with Gasteiger partial charge >= 0.3 is 0 Å². The lowest BCUT2D eigenvalue weighted by Crippen LogP contribution is -2.10. The third-order valence-electron chi connectivity index (χ3n) is 4.68. The summed E-state index contributed by atoms with van der Waals surface area (Å²) in [6, 6.07) is 15.8. The maximum Gasteiger partial charge on any atom is -0.00577 e. The second-order valence-electron chi connectivity index (χ2n) is 7.25. The highest BCUT2D eigenvalue weighted by atomic mass is 14.2. The van der Waals surface area contributed by atoms with Gasteiger partial charge in [0, 0.05) is 0 Å². The van der Waals surface area contributed by atoms with Crippen LogP contribution in [0.4, 0.5) is 0 Å². The minimum absolute atomic E-state index is 0.212. The maximum atomic E-state index is 2.27. The summed E-state index contributed by atoms with van der Waals surface area (Å²) in [5.74, 6) is 0. The van der Waals surface area contributed by atoms with Crippen molar-refractivity contribution in [3.05, 3.63) is 64.7 Å². The number of hydrogen-bond acceptors (Lipinski definition) is 0. The van der Waals surface area contributed by atoms with Gasteiger partial charge in [-0.1, -0.05) is 68.8 Å². The van der Waals surface area contributed by atoms with Crippen molar-refractivity contribution in [1.82, 2.24) is 0 Å². The average Bonchev–Trinajstić information content (AvgIpc) is 2.73. The van der Waals surface area contributed by atoms with Gasteiger partial charge in [-0.25, -0.2) is 0 Å². The van der Waals surface area contributed by atoms with Crippen LogP contribution in [0.3, 0.4) is 0 Å². The number of fused-ring (bicyclic) bond motifs is 1. The van der Waals surface area contributed by atoms with Crippen LogP contribution in [0.1, 0.15) is 51.3 Å². The van der Waals surface area contributed by atoms with E-state index in [1.54, 1.807) is 0 Å². The molecule has 0 spiro atoms. The van der Waals surface area contributed by atoms with Gasteiger partial charge in [0.25, 0.3) is 0 Å². The molecule has 3 rings (SSSR count). The van der Waals surface area contributed by atoms with Crippen molar-refractivity contribution in [3.63, 3.8) is 0 Å². The van der Waals surface area contributed by atoms with Crippen LogP contribution in [0, 0.1) is 0 Å². The standard InChI is InChI=1S/C21H24/c1-14-13-17-7-6-8-19(20(17)15(14)2)16-9-11-18(12-10-16)21(3,4)5/h6-12H,13H2,1-5H3. The minimum atomic E-state index is 0.212. The summed E-state index contributed by atoms with van der Waals surface area (Å²) >= 11 is 0. The molecule has 0 aromatic heterocycles. The van der Waals surface area contributed by atoms with E-state index in [-0.39, 0.29) is 5.41 Å². The van der Waals surface area contributed by atoms with Crippen molar-refractivity contribution in [2.24, 2.45) is 0 Å². The van der Waals surface area contributed by atoms with E-state index in [1.165, 1.54) is 39.0 Å². The molecule has 0 saturated heterocycles. The zero-order valence-electron chi connectivity index (χ0n) is 13.7. The molecule has 0 unspecified atom stereocenters. The lowest BCUT2D eigenvalue weighted by Gasteiger charge is -2.19. The zero-order valence-corrected chi connectivity index (χ0v) is 13.7. The normalized spacial score (nSPS) is 14.5. The Morgan fingerprint density at radius 3 is 2.14 bits per heavy atom. The van der Waals surface area contributed by atoms with Crippen LogP contribution < -0.4 is 0 Å². The van der Waals surface area contributed by atoms with Crippen molar-refractivity contribution >= 4 is 5.57 Å². The van der Waals surface area contributed by atoms with Gasteiger partial charge in [0.15, 0.2) is 0 Å². The molecule has 1 aliphatic rings. The van der Waals surface area contributed by atoms with Gasteiger partial charge < -0.3 is 0 Å². The molecule has 0 nitrogen and oxygen atoms in total. The molecule has 0 heterocycles.